The average molecular weight is 401 g/mol. The number of ether oxygens (including phenoxy) is 1. The molecule has 10 unspecified atom stereocenters. The summed E-state index contributed by atoms with van der Waals surface area (Å²) in [6, 6.07) is 0. The van der Waals surface area contributed by atoms with Crippen molar-refractivity contribution in [1.82, 2.24) is 0 Å². The van der Waals surface area contributed by atoms with E-state index in [0.29, 0.717) is 33.7 Å². The highest BCUT2D eigenvalue weighted by molar-refractivity contribution is 5.29. The highest BCUT2D eigenvalue weighted by atomic mass is 16.6. The summed E-state index contributed by atoms with van der Waals surface area (Å²) in [6.45, 7) is 15.3. The number of hydrogen-bond donors (Lipinski definition) is 1. The van der Waals surface area contributed by atoms with Crippen molar-refractivity contribution in [2.45, 2.75) is 124 Å². The first-order chi connectivity index (χ1) is 13.5. The van der Waals surface area contributed by atoms with Gasteiger partial charge in [0.2, 0.25) is 0 Å². The SMILES string of the molecule is CC1(C)C(O)CCC2(C)C1CCC1(C)C2CCC2C1(C)CCC1(C)CCC3OC321. The molecule has 1 N–H and O–H groups in total. The van der Waals surface area contributed by atoms with Crippen LogP contribution in [0.25, 0.3) is 0 Å². The summed E-state index contributed by atoms with van der Waals surface area (Å²) in [5, 5.41) is 10.8. The summed E-state index contributed by atoms with van der Waals surface area (Å²) in [7, 11) is 0. The van der Waals surface area contributed by atoms with E-state index in [-0.39, 0.29) is 17.1 Å². The molecule has 5 aliphatic carbocycles. The monoisotopic (exact) mass is 400 g/mol. The third-order valence-corrected chi connectivity index (χ3v) is 13.2. The molecule has 0 amide bonds. The largest absolute Gasteiger partial charge is 0.393 e. The topological polar surface area (TPSA) is 32.8 Å². The lowest BCUT2D eigenvalue weighted by Gasteiger charge is -2.72. The standard InChI is InChI=1S/C27H44O2/c1-22(2)17-9-14-25(5)18(24(17,4)13-10-20(22)28)7-8-19-26(25,6)16-15-23(3)12-11-21-27(19,23)29-21/h17-21,28H,7-16H2,1-6H3. The Kier molecular flexibility index (Phi) is 3.57. The molecule has 5 saturated carbocycles. The molecule has 2 heteroatoms. The van der Waals surface area contributed by atoms with Crippen LogP contribution in [0.2, 0.25) is 0 Å². The molecule has 6 aliphatic rings. The maximum atomic E-state index is 10.8. The zero-order valence-corrected chi connectivity index (χ0v) is 19.8. The maximum Gasteiger partial charge on any atom is 0.103 e. The van der Waals surface area contributed by atoms with E-state index in [9.17, 15) is 5.11 Å². The Morgan fingerprint density at radius 2 is 1.34 bits per heavy atom. The molecule has 164 valence electrons. The predicted octanol–water partition coefficient (Wildman–Crippen LogP) is 6.35. The summed E-state index contributed by atoms with van der Waals surface area (Å²) >= 11 is 0. The van der Waals surface area contributed by atoms with E-state index in [2.05, 4.69) is 41.5 Å². The molecule has 10 atom stereocenters. The second-order valence-corrected chi connectivity index (χ2v) is 14.0. The lowest BCUT2D eigenvalue weighted by Crippen LogP contribution is -2.67. The molecule has 0 aromatic rings. The van der Waals surface area contributed by atoms with Crippen LogP contribution >= 0.6 is 0 Å². The Morgan fingerprint density at radius 1 is 0.655 bits per heavy atom. The molecular weight excluding hydrogens is 356 g/mol. The minimum Gasteiger partial charge on any atom is -0.393 e. The summed E-state index contributed by atoms with van der Waals surface area (Å²) < 4.78 is 6.65. The van der Waals surface area contributed by atoms with Crippen LogP contribution in [-0.2, 0) is 4.74 Å². The molecule has 29 heavy (non-hydrogen) atoms. The second kappa shape index (κ2) is 5.28. The van der Waals surface area contributed by atoms with Crippen molar-refractivity contribution in [2.24, 2.45) is 44.8 Å². The smallest absolute Gasteiger partial charge is 0.103 e. The Hall–Kier alpha value is -0.0800. The first kappa shape index (κ1) is 19.6. The van der Waals surface area contributed by atoms with Crippen LogP contribution in [0.1, 0.15) is 106 Å². The third-order valence-electron chi connectivity index (χ3n) is 13.2. The molecule has 2 nitrogen and oxygen atoms in total. The number of epoxide rings is 1. The van der Waals surface area contributed by atoms with Gasteiger partial charge in [0.25, 0.3) is 0 Å². The average Bonchev–Trinajstić information content (AvgIpc) is 3.31. The van der Waals surface area contributed by atoms with Crippen LogP contribution in [0, 0.1) is 44.8 Å². The summed E-state index contributed by atoms with van der Waals surface area (Å²) in [5.74, 6) is 2.24. The van der Waals surface area contributed by atoms with Crippen molar-refractivity contribution in [3.05, 3.63) is 0 Å². The van der Waals surface area contributed by atoms with E-state index in [0.717, 1.165) is 18.3 Å². The van der Waals surface area contributed by atoms with Crippen LogP contribution in [-0.4, -0.2) is 22.9 Å². The molecule has 6 rings (SSSR count). The molecule has 0 aromatic heterocycles. The van der Waals surface area contributed by atoms with Crippen molar-refractivity contribution in [2.75, 3.05) is 0 Å². The predicted molar refractivity (Wildman–Crippen MR) is 116 cm³/mol. The maximum absolute atomic E-state index is 10.8. The van der Waals surface area contributed by atoms with Crippen molar-refractivity contribution in [3.8, 4) is 0 Å². The molecule has 1 spiro atoms. The van der Waals surface area contributed by atoms with Crippen LogP contribution in [0.5, 0.6) is 0 Å². The second-order valence-electron chi connectivity index (χ2n) is 14.0. The van der Waals surface area contributed by atoms with Gasteiger partial charge in [0.15, 0.2) is 0 Å². The number of fused-ring (bicyclic) bond motifs is 5. The third kappa shape index (κ3) is 1.92. The van der Waals surface area contributed by atoms with Crippen molar-refractivity contribution < 1.29 is 9.84 Å². The Balaban J connectivity index is 1.41. The van der Waals surface area contributed by atoms with Gasteiger partial charge in [-0.25, -0.2) is 0 Å². The van der Waals surface area contributed by atoms with Gasteiger partial charge in [-0.1, -0.05) is 41.5 Å². The van der Waals surface area contributed by atoms with Gasteiger partial charge >= 0.3 is 0 Å². The van der Waals surface area contributed by atoms with Gasteiger partial charge in [0.1, 0.15) is 5.60 Å². The summed E-state index contributed by atoms with van der Waals surface area (Å²) in [6.07, 6.45) is 13.6. The number of aliphatic hydroxyl groups is 1. The van der Waals surface area contributed by atoms with Crippen molar-refractivity contribution >= 4 is 0 Å². The van der Waals surface area contributed by atoms with E-state index >= 15 is 0 Å². The number of aliphatic hydroxyl groups excluding tert-OH is 1. The van der Waals surface area contributed by atoms with E-state index in [4.69, 9.17) is 4.74 Å². The molecule has 1 heterocycles. The molecule has 1 aliphatic heterocycles. The van der Waals surface area contributed by atoms with Crippen LogP contribution in [0.4, 0.5) is 0 Å². The molecule has 6 fully saturated rings. The van der Waals surface area contributed by atoms with Crippen molar-refractivity contribution in [3.63, 3.8) is 0 Å². The van der Waals surface area contributed by atoms with Gasteiger partial charge in [-0.3, -0.25) is 0 Å². The zero-order valence-electron chi connectivity index (χ0n) is 19.8. The van der Waals surface area contributed by atoms with E-state index in [1.165, 1.54) is 57.8 Å². The summed E-state index contributed by atoms with van der Waals surface area (Å²) in [4.78, 5) is 0. The Labute approximate surface area is 178 Å². The van der Waals surface area contributed by atoms with E-state index < -0.39 is 0 Å². The first-order valence-electron chi connectivity index (χ1n) is 12.8. The number of rotatable bonds is 0. The quantitative estimate of drug-likeness (QED) is 0.480. The van der Waals surface area contributed by atoms with Gasteiger partial charge in [-0.05, 0) is 109 Å². The van der Waals surface area contributed by atoms with Gasteiger partial charge in [-0.15, -0.1) is 0 Å². The van der Waals surface area contributed by atoms with Crippen LogP contribution < -0.4 is 0 Å². The fourth-order valence-corrected chi connectivity index (χ4v) is 11.3. The molecular formula is C27H44O2. The van der Waals surface area contributed by atoms with Crippen LogP contribution in [0.15, 0.2) is 0 Å². The zero-order chi connectivity index (χ0) is 20.7. The minimum absolute atomic E-state index is 0.0616. The normalized spacial score (nSPS) is 64.9. The van der Waals surface area contributed by atoms with Gasteiger partial charge in [0, 0.05) is 0 Å². The molecule has 1 saturated heterocycles. The lowest BCUT2D eigenvalue weighted by atomic mass is 9.32. The van der Waals surface area contributed by atoms with Gasteiger partial charge in [0.05, 0.1) is 12.2 Å². The van der Waals surface area contributed by atoms with E-state index in [1.807, 2.05) is 0 Å². The van der Waals surface area contributed by atoms with Crippen molar-refractivity contribution in [1.29, 1.82) is 0 Å². The molecule has 0 aromatic carbocycles. The summed E-state index contributed by atoms with van der Waals surface area (Å²) in [5.41, 5.74) is 1.97. The lowest BCUT2D eigenvalue weighted by molar-refractivity contribution is -0.248. The first-order valence-corrected chi connectivity index (χ1v) is 12.8. The fourth-order valence-electron chi connectivity index (χ4n) is 11.3. The Morgan fingerprint density at radius 3 is 2.07 bits per heavy atom. The van der Waals surface area contributed by atoms with Crippen LogP contribution in [0.3, 0.4) is 0 Å². The van der Waals surface area contributed by atoms with Gasteiger partial charge in [-0.2, -0.15) is 0 Å². The minimum atomic E-state index is -0.120. The molecule has 0 radical (unpaired) electrons. The van der Waals surface area contributed by atoms with Gasteiger partial charge < -0.3 is 9.84 Å². The highest BCUT2D eigenvalue weighted by Gasteiger charge is 2.81. The molecule has 0 bridgehead atoms. The fraction of sp³-hybridized carbons (Fsp3) is 1.00. The Bertz CT molecular complexity index is 745. The number of hydrogen-bond acceptors (Lipinski definition) is 2. The van der Waals surface area contributed by atoms with E-state index in [1.54, 1.807) is 0 Å². The highest BCUT2D eigenvalue weighted by Crippen LogP contribution is 2.81.